The molecule has 21 heavy (non-hydrogen) atoms. The van der Waals surface area contributed by atoms with Crippen LogP contribution in [0.25, 0.3) is 0 Å². The molecular weight excluding hydrogens is 270 g/mol. The van der Waals surface area contributed by atoms with Crippen molar-refractivity contribution in [2.75, 3.05) is 19.8 Å². The van der Waals surface area contributed by atoms with Crippen LogP contribution in [-0.4, -0.2) is 31.8 Å². The Bertz CT molecular complexity index is 430. The van der Waals surface area contributed by atoms with Crippen LogP contribution < -0.4 is 5.73 Å². The van der Waals surface area contributed by atoms with Gasteiger partial charge in [0.1, 0.15) is 6.04 Å². The van der Waals surface area contributed by atoms with E-state index < -0.39 is 12.3 Å². The average Bonchev–Trinajstić information content (AvgIpc) is 2.47. The molecule has 2 N–H and O–H groups in total. The molecule has 1 atom stereocenters. The van der Waals surface area contributed by atoms with Gasteiger partial charge in [-0.2, -0.15) is 0 Å². The molecule has 0 aromatic heterocycles. The van der Waals surface area contributed by atoms with Gasteiger partial charge >= 0.3 is 5.97 Å². The highest BCUT2D eigenvalue weighted by Crippen LogP contribution is 2.20. The van der Waals surface area contributed by atoms with Gasteiger partial charge in [-0.05, 0) is 32.8 Å². The molecule has 1 unspecified atom stereocenters. The lowest BCUT2D eigenvalue weighted by Crippen LogP contribution is -2.34. The fourth-order valence-electron chi connectivity index (χ4n) is 2.00. The summed E-state index contributed by atoms with van der Waals surface area (Å²) in [6, 6.07) is 7.08. The molecule has 0 radical (unpaired) electrons. The van der Waals surface area contributed by atoms with Gasteiger partial charge in [-0.25, -0.2) is 0 Å². The lowest BCUT2D eigenvalue weighted by Gasteiger charge is -2.18. The molecular formula is C16H25NO4. The molecule has 0 bridgehead atoms. The van der Waals surface area contributed by atoms with Gasteiger partial charge in [0.25, 0.3) is 0 Å². The summed E-state index contributed by atoms with van der Waals surface area (Å²) < 4.78 is 16.1. The fraction of sp³-hybridized carbons (Fsp3) is 0.562. The van der Waals surface area contributed by atoms with Crippen LogP contribution in [0.2, 0.25) is 0 Å². The third kappa shape index (κ3) is 5.83. The van der Waals surface area contributed by atoms with Gasteiger partial charge in [-0.3, -0.25) is 4.79 Å². The largest absolute Gasteiger partial charge is 0.465 e. The van der Waals surface area contributed by atoms with Gasteiger partial charge in [0.2, 0.25) is 0 Å². The summed E-state index contributed by atoms with van der Waals surface area (Å²) in [5.74, 6) is -0.380. The van der Waals surface area contributed by atoms with E-state index >= 15 is 0 Å². The van der Waals surface area contributed by atoms with Crippen LogP contribution in [-0.2, 0) is 25.4 Å². The first-order chi connectivity index (χ1) is 10.1. The lowest BCUT2D eigenvalue weighted by atomic mass is 10.0. The standard InChI is InChI=1S/C16H25NO4/c1-4-19-15(18)14(17)11-12-8-7-9-13(10-12)16(20-5-2)21-6-3/h7-10,14,16H,4-6,11,17H2,1-3H3. The molecule has 0 spiro atoms. The molecule has 5 nitrogen and oxygen atoms in total. The molecule has 1 aromatic carbocycles. The molecule has 0 aliphatic rings. The van der Waals surface area contributed by atoms with Crippen molar-refractivity contribution >= 4 is 5.97 Å². The van der Waals surface area contributed by atoms with Crippen LogP contribution in [0.1, 0.15) is 38.2 Å². The van der Waals surface area contributed by atoms with Crippen LogP contribution in [0.15, 0.2) is 24.3 Å². The maximum Gasteiger partial charge on any atom is 0.323 e. The third-order valence-corrected chi connectivity index (χ3v) is 2.90. The van der Waals surface area contributed by atoms with Gasteiger partial charge in [0, 0.05) is 18.8 Å². The predicted octanol–water partition coefficient (Wildman–Crippen LogP) is 2.19. The summed E-state index contributed by atoms with van der Waals surface area (Å²) in [4.78, 5) is 11.6. The van der Waals surface area contributed by atoms with Gasteiger partial charge < -0.3 is 19.9 Å². The number of esters is 1. The first-order valence-corrected chi connectivity index (χ1v) is 7.36. The summed E-state index contributed by atoms with van der Waals surface area (Å²) in [6.07, 6.45) is 0.0382. The SMILES string of the molecule is CCOC(=O)C(N)Cc1cccc(C(OCC)OCC)c1. The van der Waals surface area contributed by atoms with Crippen LogP contribution in [0.5, 0.6) is 0 Å². The molecule has 0 heterocycles. The number of nitrogens with two attached hydrogens (primary N) is 1. The van der Waals surface area contributed by atoms with E-state index in [0.717, 1.165) is 11.1 Å². The summed E-state index contributed by atoms with van der Waals surface area (Å²) in [5.41, 5.74) is 7.72. The van der Waals surface area contributed by atoms with Crippen LogP contribution in [0.3, 0.4) is 0 Å². The molecule has 0 saturated carbocycles. The summed E-state index contributed by atoms with van der Waals surface area (Å²) in [7, 11) is 0. The zero-order valence-electron chi connectivity index (χ0n) is 13.0. The maximum absolute atomic E-state index is 11.6. The minimum absolute atomic E-state index is 0.337. The molecule has 0 fully saturated rings. The topological polar surface area (TPSA) is 70.8 Å². The van der Waals surface area contributed by atoms with E-state index in [0.29, 0.717) is 26.2 Å². The van der Waals surface area contributed by atoms with E-state index in [4.69, 9.17) is 19.9 Å². The number of hydrogen-bond acceptors (Lipinski definition) is 5. The Labute approximate surface area is 126 Å². The minimum atomic E-state index is -0.655. The van der Waals surface area contributed by atoms with Crippen LogP contribution >= 0.6 is 0 Å². The van der Waals surface area contributed by atoms with Crippen molar-refractivity contribution in [2.24, 2.45) is 5.73 Å². The monoisotopic (exact) mass is 295 g/mol. The van der Waals surface area contributed by atoms with E-state index in [9.17, 15) is 4.79 Å². The number of benzene rings is 1. The Kier molecular flexibility index (Phi) is 7.97. The van der Waals surface area contributed by atoms with Crippen molar-refractivity contribution < 1.29 is 19.0 Å². The van der Waals surface area contributed by atoms with Crippen molar-refractivity contribution in [3.63, 3.8) is 0 Å². The Morgan fingerprint density at radius 3 is 2.38 bits per heavy atom. The van der Waals surface area contributed by atoms with Gasteiger partial charge in [-0.15, -0.1) is 0 Å². The third-order valence-electron chi connectivity index (χ3n) is 2.90. The van der Waals surface area contributed by atoms with Crippen LogP contribution in [0, 0.1) is 0 Å². The minimum Gasteiger partial charge on any atom is -0.465 e. The van der Waals surface area contributed by atoms with E-state index in [2.05, 4.69) is 0 Å². The summed E-state index contributed by atoms with van der Waals surface area (Å²) in [6.45, 7) is 7.08. The average molecular weight is 295 g/mol. The van der Waals surface area contributed by atoms with Crippen LogP contribution in [0.4, 0.5) is 0 Å². The Hall–Kier alpha value is -1.43. The molecule has 0 amide bonds. The molecule has 5 heteroatoms. The second-order valence-electron chi connectivity index (χ2n) is 4.55. The number of ether oxygens (including phenoxy) is 3. The summed E-state index contributed by atoms with van der Waals surface area (Å²) >= 11 is 0. The quantitative estimate of drug-likeness (QED) is 0.558. The van der Waals surface area contributed by atoms with E-state index in [1.54, 1.807) is 6.92 Å². The predicted molar refractivity (Wildman–Crippen MR) is 80.7 cm³/mol. The zero-order valence-corrected chi connectivity index (χ0v) is 13.0. The first kappa shape index (κ1) is 17.6. The first-order valence-electron chi connectivity index (χ1n) is 7.36. The molecule has 1 rings (SSSR count). The highest BCUT2D eigenvalue weighted by Gasteiger charge is 2.17. The second kappa shape index (κ2) is 9.50. The second-order valence-corrected chi connectivity index (χ2v) is 4.55. The number of rotatable bonds is 9. The Morgan fingerprint density at radius 2 is 1.81 bits per heavy atom. The van der Waals surface area contributed by atoms with E-state index in [-0.39, 0.29) is 5.97 Å². The molecule has 0 saturated heterocycles. The van der Waals surface area contributed by atoms with Crippen molar-refractivity contribution in [3.8, 4) is 0 Å². The van der Waals surface area contributed by atoms with E-state index in [1.165, 1.54) is 0 Å². The molecule has 118 valence electrons. The molecule has 0 aliphatic carbocycles. The van der Waals surface area contributed by atoms with Gasteiger partial charge in [0.05, 0.1) is 6.61 Å². The lowest BCUT2D eigenvalue weighted by molar-refractivity contribution is -0.144. The van der Waals surface area contributed by atoms with Gasteiger partial charge in [0.15, 0.2) is 6.29 Å². The highest BCUT2D eigenvalue weighted by molar-refractivity contribution is 5.75. The number of hydrogen-bond donors (Lipinski definition) is 1. The number of carbonyl (C=O) groups excluding carboxylic acids is 1. The van der Waals surface area contributed by atoms with E-state index in [1.807, 2.05) is 38.1 Å². The maximum atomic E-state index is 11.6. The fourth-order valence-corrected chi connectivity index (χ4v) is 2.00. The van der Waals surface area contributed by atoms with Crippen molar-refractivity contribution in [3.05, 3.63) is 35.4 Å². The smallest absolute Gasteiger partial charge is 0.323 e. The Balaban J connectivity index is 2.77. The highest BCUT2D eigenvalue weighted by atomic mass is 16.7. The number of carbonyl (C=O) groups is 1. The van der Waals surface area contributed by atoms with Crippen molar-refractivity contribution in [2.45, 2.75) is 39.5 Å². The zero-order chi connectivity index (χ0) is 15.7. The van der Waals surface area contributed by atoms with Crippen molar-refractivity contribution in [1.82, 2.24) is 0 Å². The Morgan fingerprint density at radius 1 is 1.14 bits per heavy atom. The van der Waals surface area contributed by atoms with Gasteiger partial charge in [-0.1, -0.05) is 24.3 Å². The van der Waals surface area contributed by atoms with Crippen molar-refractivity contribution in [1.29, 1.82) is 0 Å². The summed E-state index contributed by atoms with van der Waals surface area (Å²) in [5, 5.41) is 0. The normalized spacial score (nSPS) is 12.4. The molecule has 1 aromatic rings. The molecule has 0 aliphatic heterocycles.